The zero-order valence-corrected chi connectivity index (χ0v) is 9.19. The van der Waals surface area contributed by atoms with E-state index in [1.54, 1.807) is 0 Å². The summed E-state index contributed by atoms with van der Waals surface area (Å²) in [6.07, 6.45) is 0. The summed E-state index contributed by atoms with van der Waals surface area (Å²) in [7, 11) is 11.5. The van der Waals surface area contributed by atoms with Crippen molar-refractivity contribution in [2.75, 3.05) is 0 Å². The maximum absolute atomic E-state index is 5.76. The number of hydrogen-bond acceptors (Lipinski definition) is 0. The zero-order valence-electron chi connectivity index (χ0n) is 4.20. The third-order valence-electron chi connectivity index (χ3n) is 0. The molecule has 0 atom stereocenters. The first-order valence-electron chi connectivity index (χ1n) is 1.68. The molecule has 0 radical (unpaired) electrons. The minimum absolute atomic E-state index is 1.95. The van der Waals surface area contributed by atoms with Crippen LogP contribution in [0, 0.1) is 0 Å². The van der Waals surface area contributed by atoms with E-state index < -0.39 is 16.4 Å². The quantitative estimate of drug-likeness (QED) is 0.601. The van der Waals surface area contributed by atoms with Crippen LogP contribution >= 0.6 is 17.0 Å². The molecule has 0 amide bonds. The van der Waals surface area contributed by atoms with Crippen LogP contribution in [0.1, 0.15) is 0 Å². The van der Waals surface area contributed by atoms with Crippen molar-refractivity contribution in [1.29, 1.82) is 0 Å². The van der Waals surface area contributed by atoms with Gasteiger partial charge in [-0.25, -0.2) is 0 Å². The first-order chi connectivity index (χ1) is 2.24. The van der Waals surface area contributed by atoms with Gasteiger partial charge in [-0.15, -0.1) is 0 Å². The van der Waals surface area contributed by atoms with E-state index in [1.807, 2.05) is 13.9 Å². The van der Waals surface area contributed by atoms with Gasteiger partial charge in [-0.3, -0.25) is 0 Å². The van der Waals surface area contributed by atoms with Crippen molar-refractivity contribution in [3.63, 3.8) is 0 Å². The molecule has 0 aromatic rings. The van der Waals surface area contributed by atoms with Crippen LogP contribution in [0.15, 0.2) is 0 Å². The molecule has 0 N–H and O–H groups in total. The molecule has 3 heteroatoms. The molecule has 0 unspecified atom stereocenters. The molecule has 0 aliphatic rings. The van der Waals surface area contributed by atoms with Crippen molar-refractivity contribution in [3.05, 3.63) is 0 Å². The first kappa shape index (κ1) is 7.46. The summed E-state index contributed by atoms with van der Waals surface area (Å²) in [6.45, 7) is 0. The molecule has 0 aromatic heterocycles. The van der Waals surface area contributed by atoms with E-state index in [0.29, 0.717) is 0 Å². The Kier molecular flexibility index (Phi) is 1.83. The van der Waals surface area contributed by atoms with Gasteiger partial charge in [0.25, 0.3) is 0 Å². The van der Waals surface area contributed by atoms with Crippen LogP contribution in [0.25, 0.3) is 0 Å². The Bertz CT molecular complexity index is 42.0. The molecule has 6 heavy (non-hydrogen) atoms. The molecule has 0 nitrogen and oxygen atoms in total. The molecular weight excluding hydrogens is 316 g/mol. The van der Waals surface area contributed by atoms with E-state index >= 15 is 0 Å². The summed E-state index contributed by atoms with van der Waals surface area (Å²) in [6, 6.07) is 0. The summed E-state index contributed by atoms with van der Waals surface area (Å²) in [4.78, 5) is 0. The summed E-state index contributed by atoms with van der Waals surface area (Å²) >= 11 is -2.86. The van der Waals surface area contributed by atoms with Crippen molar-refractivity contribution >= 4 is 33.4 Å². The molecular formula is C3H9BiCl2. The Labute approximate surface area is 47.1 Å². The van der Waals surface area contributed by atoms with E-state index in [1.165, 1.54) is 0 Å². The van der Waals surface area contributed by atoms with Crippen LogP contribution in [-0.4, -0.2) is 16.4 Å². The predicted octanol–water partition coefficient (Wildman–Crippen LogP) is 2.75. The Morgan fingerprint density at radius 1 is 1.00 bits per heavy atom. The van der Waals surface area contributed by atoms with Gasteiger partial charge < -0.3 is 0 Å². The van der Waals surface area contributed by atoms with Crippen molar-refractivity contribution in [2.45, 2.75) is 13.9 Å². The van der Waals surface area contributed by atoms with Gasteiger partial charge in [-0.1, -0.05) is 0 Å². The maximum atomic E-state index is 5.76. The predicted molar refractivity (Wildman–Crippen MR) is 35.1 cm³/mol. The fraction of sp³-hybridized carbons (Fsp3) is 1.00. The van der Waals surface area contributed by atoms with Gasteiger partial charge in [-0.2, -0.15) is 0 Å². The van der Waals surface area contributed by atoms with Crippen LogP contribution < -0.4 is 0 Å². The van der Waals surface area contributed by atoms with Gasteiger partial charge in [0.15, 0.2) is 0 Å². The van der Waals surface area contributed by atoms with E-state index in [9.17, 15) is 0 Å². The minimum atomic E-state index is -2.86. The number of rotatable bonds is 0. The summed E-state index contributed by atoms with van der Waals surface area (Å²) in [5.41, 5.74) is 0. The fourth-order valence-electron chi connectivity index (χ4n) is 0. The summed E-state index contributed by atoms with van der Waals surface area (Å²) < 4.78 is 5.86. The van der Waals surface area contributed by atoms with E-state index in [0.717, 1.165) is 0 Å². The van der Waals surface area contributed by atoms with Crippen molar-refractivity contribution in [2.24, 2.45) is 0 Å². The molecule has 0 aromatic carbocycles. The van der Waals surface area contributed by atoms with E-state index in [2.05, 4.69) is 0 Å². The van der Waals surface area contributed by atoms with Gasteiger partial charge in [0.05, 0.1) is 0 Å². The van der Waals surface area contributed by atoms with Crippen LogP contribution in [-0.2, 0) is 0 Å². The normalized spacial score (nSPS) is 19.2. The van der Waals surface area contributed by atoms with Gasteiger partial charge >= 0.3 is 47.3 Å². The average molecular weight is 325 g/mol. The topological polar surface area (TPSA) is 0 Å². The van der Waals surface area contributed by atoms with Crippen molar-refractivity contribution in [1.82, 2.24) is 0 Å². The third kappa shape index (κ3) is 50.8. The van der Waals surface area contributed by atoms with Gasteiger partial charge in [0.1, 0.15) is 0 Å². The summed E-state index contributed by atoms with van der Waals surface area (Å²) in [5, 5.41) is 0. The van der Waals surface area contributed by atoms with Crippen LogP contribution in [0.5, 0.6) is 0 Å². The first-order valence-corrected chi connectivity index (χ1v) is 20.7. The van der Waals surface area contributed by atoms with Gasteiger partial charge in [0.2, 0.25) is 0 Å². The zero-order chi connectivity index (χ0) is 5.45. The molecule has 0 spiro atoms. The molecule has 0 aliphatic heterocycles. The second kappa shape index (κ2) is 1.47. The molecule has 0 heterocycles. The van der Waals surface area contributed by atoms with Crippen molar-refractivity contribution in [3.8, 4) is 0 Å². The number of halogens is 2. The number of hydrogen-bond donors (Lipinski definition) is 0. The average Bonchev–Trinajstić information content (AvgIpc) is 0.650. The SMILES string of the molecule is [CH3][Bi]([CH3])([CH3])([Cl])[Cl]. The monoisotopic (exact) mass is 324 g/mol. The Hall–Kier alpha value is 1.46. The van der Waals surface area contributed by atoms with E-state index in [4.69, 9.17) is 17.0 Å². The molecule has 0 fully saturated rings. The standard InChI is InChI=1S/3CH3.Bi.2ClH/h3*1H3;;2*1H/q;;;+2;;/p-2. The molecule has 0 rings (SSSR count). The van der Waals surface area contributed by atoms with Gasteiger partial charge in [-0.05, 0) is 0 Å². The Balaban J connectivity index is 3.73. The van der Waals surface area contributed by atoms with Crippen LogP contribution in [0.2, 0.25) is 13.9 Å². The van der Waals surface area contributed by atoms with Crippen LogP contribution in [0.4, 0.5) is 0 Å². The summed E-state index contributed by atoms with van der Waals surface area (Å²) in [5.74, 6) is 0. The molecule has 40 valence electrons. The van der Waals surface area contributed by atoms with Crippen molar-refractivity contribution < 1.29 is 0 Å². The van der Waals surface area contributed by atoms with E-state index in [-0.39, 0.29) is 0 Å². The van der Waals surface area contributed by atoms with Crippen LogP contribution in [0.3, 0.4) is 0 Å². The Morgan fingerprint density at radius 3 is 1.00 bits per heavy atom. The molecule has 0 aliphatic carbocycles. The third-order valence-corrected chi connectivity index (χ3v) is 0. The second-order valence-electron chi connectivity index (χ2n) is 2.42. The fourth-order valence-corrected chi connectivity index (χ4v) is 0. The molecule has 0 bridgehead atoms. The molecule has 0 saturated carbocycles. The Morgan fingerprint density at radius 2 is 1.00 bits per heavy atom. The van der Waals surface area contributed by atoms with Gasteiger partial charge in [0, 0.05) is 0 Å². The molecule has 0 saturated heterocycles. The second-order valence-corrected chi connectivity index (χ2v) is 43.5.